The number of hydrogen-bond acceptors (Lipinski definition) is 7. The topological polar surface area (TPSA) is 73.3 Å². The van der Waals surface area contributed by atoms with Gasteiger partial charge in [-0.2, -0.15) is 9.97 Å². The normalized spacial score (nSPS) is 10.1. The van der Waals surface area contributed by atoms with Gasteiger partial charge in [-0.25, -0.2) is 0 Å². The van der Waals surface area contributed by atoms with Crippen LogP contribution in [0.1, 0.15) is 5.56 Å². The van der Waals surface area contributed by atoms with Crippen molar-refractivity contribution in [3.8, 4) is 12.0 Å². The number of aromatic nitrogens is 4. The van der Waals surface area contributed by atoms with E-state index in [1.807, 2.05) is 24.1 Å². The molecule has 2 aromatic rings. The van der Waals surface area contributed by atoms with Crippen LogP contribution in [0.25, 0.3) is 0 Å². The first-order chi connectivity index (χ1) is 9.22. The molecule has 0 bridgehead atoms. The maximum Gasteiger partial charge on any atom is 0.324 e. The Morgan fingerprint density at radius 3 is 2.32 bits per heavy atom. The lowest BCUT2D eigenvalue weighted by atomic mass is 10.3. The van der Waals surface area contributed by atoms with Gasteiger partial charge in [0.2, 0.25) is 5.95 Å². The Bertz CT molecular complexity index is 513. The van der Waals surface area contributed by atoms with Crippen LogP contribution >= 0.6 is 0 Å². The van der Waals surface area contributed by atoms with Crippen LogP contribution in [-0.4, -0.2) is 41.2 Å². The fourth-order valence-corrected chi connectivity index (χ4v) is 1.52. The third-order valence-corrected chi connectivity index (χ3v) is 2.43. The lowest BCUT2D eigenvalue weighted by Gasteiger charge is -2.17. The minimum absolute atomic E-state index is 0.222. The number of nitrogens with zero attached hydrogens (tertiary/aromatic N) is 5. The van der Waals surface area contributed by atoms with Crippen LogP contribution in [0.4, 0.5) is 5.95 Å². The molecule has 0 saturated heterocycles. The molecule has 2 rings (SSSR count). The van der Waals surface area contributed by atoms with E-state index in [1.165, 1.54) is 14.2 Å². The summed E-state index contributed by atoms with van der Waals surface area (Å²) >= 11 is 0. The quantitative estimate of drug-likeness (QED) is 0.792. The summed E-state index contributed by atoms with van der Waals surface area (Å²) in [6.45, 7) is 0.629. The third-order valence-electron chi connectivity index (χ3n) is 2.43. The van der Waals surface area contributed by atoms with E-state index in [4.69, 9.17) is 9.47 Å². The zero-order valence-corrected chi connectivity index (χ0v) is 11.1. The highest BCUT2D eigenvalue weighted by Gasteiger charge is 2.11. The van der Waals surface area contributed by atoms with Gasteiger partial charge in [-0.05, 0) is 11.6 Å². The van der Waals surface area contributed by atoms with Crippen LogP contribution in [0.3, 0.4) is 0 Å². The Morgan fingerprint density at radius 1 is 1.11 bits per heavy atom. The molecule has 0 spiro atoms. The molecule has 2 heterocycles. The second-order valence-corrected chi connectivity index (χ2v) is 3.83. The third kappa shape index (κ3) is 3.27. The highest BCUT2D eigenvalue weighted by Crippen LogP contribution is 2.16. The minimum Gasteiger partial charge on any atom is -0.467 e. The molecular weight excluding hydrogens is 246 g/mol. The van der Waals surface area contributed by atoms with E-state index in [-0.39, 0.29) is 12.0 Å². The Morgan fingerprint density at radius 2 is 1.79 bits per heavy atom. The van der Waals surface area contributed by atoms with Crippen LogP contribution in [-0.2, 0) is 6.54 Å². The van der Waals surface area contributed by atoms with Gasteiger partial charge in [0.05, 0.1) is 14.2 Å². The van der Waals surface area contributed by atoms with Crippen molar-refractivity contribution < 1.29 is 9.47 Å². The fraction of sp³-hybridized carbons (Fsp3) is 0.333. The van der Waals surface area contributed by atoms with E-state index in [2.05, 4.69) is 19.9 Å². The van der Waals surface area contributed by atoms with Crippen LogP contribution in [0.2, 0.25) is 0 Å². The van der Waals surface area contributed by atoms with E-state index in [0.29, 0.717) is 12.5 Å². The molecular formula is C12H15N5O2. The molecule has 19 heavy (non-hydrogen) atoms. The Hall–Kier alpha value is -2.44. The van der Waals surface area contributed by atoms with E-state index in [1.54, 1.807) is 12.4 Å². The molecule has 100 valence electrons. The fourth-order valence-electron chi connectivity index (χ4n) is 1.52. The Kier molecular flexibility index (Phi) is 4.07. The summed E-state index contributed by atoms with van der Waals surface area (Å²) in [5.74, 6) is 0.479. The van der Waals surface area contributed by atoms with Gasteiger partial charge in [-0.3, -0.25) is 4.98 Å². The Labute approximate surface area is 111 Å². The summed E-state index contributed by atoms with van der Waals surface area (Å²) < 4.78 is 10.0. The molecule has 0 radical (unpaired) electrons. The van der Waals surface area contributed by atoms with Crippen molar-refractivity contribution >= 4 is 5.95 Å². The summed E-state index contributed by atoms with van der Waals surface area (Å²) in [6.07, 6.45) is 3.53. The molecule has 0 aromatic carbocycles. The van der Waals surface area contributed by atoms with Crippen LogP contribution in [0, 0.1) is 0 Å². The minimum atomic E-state index is 0.222. The molecule has 0 N–H and O–H groups in total. The molecule has 2 aromatic heterocycles. The van der Waals surface area contributed by atoms with Gasteiger partial charge in [-0.15, -0.1) is 4.98 Å². The molecule has 0 fully saturated rings. The van der Waals surface area contributed by atoms with Crippen molar-refractivity contribution in [2.45, 2.75) is 6.54 Å². The van der Waals surface area contributed by atoms with Crippen LogP contribution in [0.15, 0.2) is 24.5 Å². The highest BCUT2D eigenvalue weighted by molar-refractivity contribution is 5.32. The second-order valence-electron chi connectivity index (χ2n) is 3.83. The molecule has 0 aliphatic carbocycles. The standard InChI is InChI=1S/C12H15N5O2/c1-17(8-9-5-4-6-13-7-9)10-14-11(18-2)16-12(15-10)19-3/h4-7H,8H2,1-3H3. The van der Waals surface area contributed by atoms with Gasteiger partial charge < -0.3 is 14.4 Å². The van der Waals surface area contributed by atoms with Gasteiger partial charge in [0.1, 0.15) is 0 Å². The monoisotopic (exact) mass is 261 g/mol. The van der Waals surface area contributed by atoms with E-state index >= 15 is 0 Å². The smallest absolute Gasteiger partial charge is 0.324 e. The van der Waals surface area contributed by atoms with E-state index in [9.17, 15) is 0 Å². The number of rotatable bonds is 5. The zero-order chi connectivity index (χ0) is 13.7. The summed E-state index contributed by atoms with van der Waals surface area (Å²) in [7, 11) is 4.88. The maximum absolute atomic E-state index is 5.02. The number of anilines is 1. The number of hydrogen-bond donors (Lipinski definition) is 0. The van der Waals surface area contributed by atoms with Crippen LogP contribution < -0.4 is 14.4 Å². The van der Waals surface area contributed by atoms with Gasteiger partial charge in [0.15, 0.2) is 0 Å². The maximum atomic E-state index is 5.02. The Balaban J connectivity index is 2.20. The molecule has 0 atom stereocenters. The van der Waals surface area contributed by atoms with Gasteiger partial charge in [0.25, 0.3) is 0 Å². The number of ether oxygens (including phenoxy) is 2. The van der Waals surface area contributed by atoms with Crippen molar-refractivity contribution in [3.63, 3.8) is 0 Å². The summed E-state index contributed by atoms with van der Waals surface area (Å²) in [5.41, 5.74) is 1.06. The summed E-state index contributed by atoms with van der Waals surface area (Å²) in [5, 5.41) is 0. The average molecular weight is 261 g/mol. The highest BCUT2D eigenvalue weighted by atomic mass is 16.5. The molecule has 7 nitrogen and oxygen atoms in total. The van der Waals surface area contributed by atoms with E-state index < -0.39 is 0 Å². The number of pyridine rings is 1. The van der Waals surface area contributed by atoms with Crippen molar-refractivity contribution in [1.82, 2.24) is 19.9 Å². The van der Waals surface area contributed by atoms with Gasteiger partial charge in [-0.1, -0.05) is 6.07 Å². The summed E-state index contributed by atoms with van der Waals surface area (Å²) in [6, 6.07) is 4.32. The predicted molar refractivity (Wildman–Crippen MR) is 69.3 cm³/mol. The van der Waals surface area contributed by atoms with E-state index in [0.717, 1.165) is 5.56 Å². The first kappa shape index (κ1) is 13.0. The number of methoxy groups -OCH3 is 2. The molecule has 0 unspecified atom stereocenters. The summed E-state index contributed by atoms with van der Waals surface area (Å²) in [4.78, 5) is 18.2. The zero-order valence-electron chi connectivity index (χ0n) is 11.1. The first-order valence-corrected chi connectivity index (χ1v) is 5.67. The first-order valence-electron chi connectivity index (χ1n) is 5.67. The molecule has 7 heteroatoms. The second kappa shape index (κ2) is 5.94. The lowest BCUT2D eigenvalue weighted by Crippen LogP contribution is -2.20. The van der Waals surface area contributed by atoms with Crippen LogP contribution in [0.5, 0.6) is 12.0 Å². The molecule has 0 amide bonds. The lowest BCUT2D eigenvalue weighted by molar-refractivity contribution is 0.340. The SMILES string of the molecule is COc1nc(OC)nc(N(C)Cc2cccnc2)n1. The van der Waals surface area contributed by atoms with Crippen molar-refractivity contribution in [1.29, 1.82) is 0 Å². The molecule has 0 saturated carbocycles. The van der Waals surface area contributed by atoms with Gasteiger partial charge in [0, 0.05) is 26.0 Å². The molecule has 0 aliphatic rings. The molecule has 0 aliphatic heterocycles. The van der Waals surface area contributed by atoms with Crippen molar-refractivity contribution in [3.05, 3.63) is 30.1 Å². The van der Waals surface area contributed by atoms with Crippen molar-refractivity contribution in [2.24, 2.45) is 0 Å². The average Bonchev–Trinajstić information content (AvgIpc) is 2.47. The van der Waals surface area contributed by atoms with Gasteiger partial charge >= 0.3 is 12.0 Å². The van der Waals surface area contributed by atoms with Crippen molar-refractivity contribution in [2.75, 3.05) is 26.2 Å². The predicted octanol–water partition coefficient (Wildman–Crippen LogP) is 0.920. The largest absolute Gasteiger partial charge is 0.467 e.